The summed E-state index contributed by atoms with van der Waals surface area (Å²) in [5, 5.41) is 9.75. The number of aliphatic hydroxyl groups is 1. The van der Waals surface area contributed by atoms with E-state index in [9.17, 15) is 24.3 Å². The Balaban J connectivity index is 2.23. The van der Waals surface area contributed by atoms with Crippen molar-refractivity contribution in [3.05, 3.63) is 48.9 Å². The molecule has 10 heteroatoms. The van der Waals surface area contributed by atoms with Crippen LogP contribution in [0.4, 0.5) is 5.82 Å². The van der Waals surface area contributed by atoms with E-state index in [1.54, 1.807) is 20.8 Å². The van der Waals surface area contributed by atoms with Crippen LogP contribution in [0.2, 0.25) is 0 Å². The summed E-state index contributed by atoms with van der Waals surface area (Å²) in [5.74, 6) is -1.97. The first-order valence-corrected chi connectivity index (χ1v) is 7.72. The molecule has 0 radical (unpaired) electrons. The van der Waals surface area contributed by atoms with E-state index in [1.165, 1.54) is 7.05 Å². The fourth-order valence-corrected chi connectivity index (χ4v) is 2.78. The minimum Gasteiger partial charge on any atom is -0.453 e. The average molecular weight is 364 g/mol. The zero-order chi connectivity index (χ0) is 19.8. The highest BCUT2D eigenvalue weighted by Gasteiger charge is 2.23. The molecule has 0 saturated heterocycles. The maximum Gasteiger partial charge on any atom is 0.355 e. The predicted molar refractivity (Wildman–Crippen MR) is 92.2 cm³/mol. The second-order valence-electron chi connectivity index (χ2n) is 5.92. The van der Waals surface area contributed by atoms with Gasteiger partial charge in [0.15, 0.2) is 6.61 Å². The molecule has 0 saturated carbocycles. The number of nitrogens with zero attached hydrogens (tertiary/aromatic N) is 1. The second-order valence-corrected chi connectivity index (χ2v) is 5.92. The fraction of sp³-hybridized carbons (Fsp3) is 0.375. The molecule has 10 nitrogen and oxygen atoms in total. The standard InChI is InChI=1S/C16H20N4O6/c1-6-10(8(3)21)7(2)18-12(6)15(24)26-5-9(22)11-13(17)20(4)16(25)19-14(11)23/h8,18,21H,5,17H2,1-4H3,(H,19,23,25)/t8-/m0/s1. The molecule has 0 aromatic carbocycles. The molecule has 0 fully saturated rings. The molecule has 0 bridgehead atoms. The fourth-order valence-electron chi connectivity index (χ4n) is 2.78. The van der Waals surface area contributed by atoms with E-state index in [4.69, 9.17) is 10.5 Å². The Kier molecular flexibility index (Phi) is 5.17. The molecule has 0 aliphatic heterocycles. The quantitative estimate of drug-likeness (QED) is 0.418. The Hall–Kier alpha value is -3.14. The van der Waals surface area contributed by atoms with E-state index in [-0.39, 0.29) is 11.5 Å². The summed E-state index contributed by atoms with van der Waals surface area (Å²) < 4.78 is 5.86. The summed E-state index contributed by atoms with van der Waals surface area (Å²) in [6.07, 6.45) is -0.779. The van der Waals surface area contributed by atoms with Crippen LogP contribution in [0.5, 0.6) is 0 Å². The lowest BCUT2D eigenvalue weighted by molar-refractivity contribution is 0.0468. The van der Waals surface area contributed by atoms with Gasteiger partial charge in [-0.3, -0.25) is 19.1 Å². The summed E-state index contributed by atoms with van der Waals surface area (Å²) in [7, 11) is 1.29. The molecule has 140 valence electrons. The van der Waals surface area contributed by atoms with Gasteiger partial charge in [-0.25, -0.2) is 9.59 Å². The number of aromatic nitrogens is 3. The molecule has 26 heavy (non-hydrogen) atoms. The number of nitrogen functional groups attached to an aromatic ring is 1. The van der Waals surface area contributed by atoms with Crippen LogP contribution in [0, 0.1) is 13.8 Å². The number of hydrogen-bond acceptors (Lipinski definition) is 7. The van der Waals surface area contributed by atoms with Crippen LogP contribution in [0.1, 0.15) is 50.7 Å². The van der Waals surface area contributed by atoms with Crippen molar-refractivity contribution in [2.45, 2.75) is 26.9 Å². The van der Waals surface area contributed by atoms with Gasteiger partial charge in [0.1, 0.15) is 17.1 Å². The molecule has 0 spiro atoms. The Morgan fingerprint density at radius 1 is 1.27 bits per heavy atom. The van der Waals surface area contributed by atoms with Crippen LogP contribution in [0.25, 0.3) is 0 Å². The minimum absolute atomic E-state index is 0.105. The number of hydrogen-bond donors (Lipinski definition) is 4. The SMILES string of the molecule is Cc1[nH]c(C(=O)OCC(=O)c2c(N)n(C)c(=O)[nH]c2=O)c(C)c1[C@H](C)O. The number of aromatic amines is 2. The number of rotatable bonds is 5. The number of carbonyl (C=O) groups excluding carboxylic acids is 2. The Labute approximate surface area is 147 Å². The maximum atomic E-state index is 12.2. The minimum atomic E-state index is -0.949. The van der Waals surface area contributed by atoms with Gasteiger partial charge in [0, 0.05) is 18.3 Å². The number of anilines is 1. The first-order chi connectivity index (χ1) is 12.1. The molecule has 0 aliphatic carbocycles. The van der Waals surface area contributed by atoms with E-state index in [0.717, 1.165) is 4.57 Å². The van der Waals surface area contributed by atoms with Gasteiger partial charge < -0.3 is 20.6 Å². The number of carbonyl (C=O) groups is 2. The van der Waals surface area contributed by atoms with Crippen molar-refractivity contribution < 1.29 is 19.4 Å². The highest BCUT2D eigenvalue weighted by molar-refractivity contribution is 6.02. The van der Waals surface area contributed by atoms with Crippen LogP contribution >= 0.6 is 0 Å². The number of aryl methyl sites for hydroxylation is 1. The summed E-state index contributed by atoms with van der Waals surface area (Å²) >= 11 is 0. The number of aliphatic hydroxyl groups excluding tert-OH is 1. The number of esters is 1. The summed E-state index contributed by atoms with van der Waals surface area (Å²) in [6.45, 7) is 4.17. The van der Waals surface area contributed by atoms with Crippen molar-refractivity contribution >= 4 is 17.6 Å². The molecule has 2 rings (SSSR count). The van der Waals surface area contributed by atoms with Crippen molar-refractivity contribution in [2.24, 2.45) is 7.05 Å². The van der Waals surface area contributed by atoms with E-state index in [0.29, 0.717) is 16.8 Å². The number of nitrogens with two attached hydrogens (primary N) is 1. The number of Topliss-reactive ketones (excluding diaryl/α,β-unsaturated/α-hetero) is 1. The normalized spacial score (nSPS) is 12.0. The molecule has 2 heterocycles. The third kappa shape index (κ3) is 3.31. The van der Waals surface area contributed by atoms with Crippen LogP contribution in [-0.2, 0) is 11.8 Å². The predicted octanol–water partition coefficient (Wildman–Crippen LogP) is -0.306. The molecule has 0 amide bonds. The summed E-state index contributed by atoms with van der Waals surface area (Å²) in [6, 6.07) is 0. The lowest BCUT2D eigenvalue weighted by Gasteiger charge is -2.08. The van der Waals surface area contributed by atoms with Gasteiger partial charge in [-0.05, 0) is 26.3 Å². The smallest absolute Gasteiger partial charge is 0.355 e. The molecule has 0 aliphatic rings. The monoisotopic (exact) mass is 364 g/mol. The number of ketones is 1. The van der Waals surface area contributed by atoms with E-state index < -0.39 is 41.3 Å². The zero-order valence-corrected chi connectivity index (χ0v) is 14.8. The number of nitrogens with one attached hydrogen (secondary N) is 2. The first-order valence-electron chi connectivity index (χ1n) is 7.72. The van der Waals surface area contributed by atoms with Gasteiger partial charge in [0.25, 0.3) is 5.56 Å². The molecule has 2 aromatic heterocycles. The lowest BCUT2D eigenvalue weighted by Crippen LogP contribution is -2.35. The summed E-state index contributed by atoms with van der Waals surface area (Å²) in [5.41, 5.74) is 5.26. The van der Waals surface area contributed by atoms with Crippen LogP contribution in [0.15, 0.2) is 9.59 Å². The Morgan fingerprint density at radius 2 is 1.88 bits per heavy atom. The van der Waals surface area contributed by atoms with Gasteiger partial charge in [0.2, 0.25) is 5.78 Å². The van der Waals surface area contributed by atoms with Gasteiger partial charge in [-0.2, -0.15) is 0 Å². The molecule has 2 aromatic rings. The van der Waals surface area contributed by atoms with Gasteiger partial charge in [-0.15, -0.1) is 0 Å². The number of ether oxygens (including phenoxy) is 1. The van der Waals surface area contributed by atoms with Crippen molar-refractivity contribution in [1.82, 2.24) is 14.5 Å². The third-order valence-corrected chi connectivity index (χ3v) is 4.10. The number of H-pyrrole nitrogens is 2. The van der Waals surface area contributed by atoms with Crippen molar-refractivity contribution in [1.29, 1.82) is 0 Å². The molecular formula is C16H20N4O6. The van der Waals surface area contributed by atoms with E-state index in [2.05, 4.69) is 4.98 Å². The van der Waals surface area contributed by atoms with Crippen molar-refractivity contribution in [3.8, 4) is 0 Å². The largest absolute Gasteiger partial charge is 0.453 e. The maximum absolute atomic E-state index is 12.2. The first kappa shape index (κ1) is 19.2. The molecule has 1 atom stereocenters. The molecular weight excluding hydrogens is 344 g/mol. The third-order valence-electron chi connectivity index (χ3n) is 4.10. The highest BCUT2D eigenvalue weighted by atomic mass is 16.5. The zero-order valence-electron chi connectivity index (χ0n) is 14.8. The lowest BCUT2D eigenvalue weighted by atomic mass is 10.1. The Bertz CT molecular complexity index is 995. The van der Waals surface area contributed by atoms with Gasteiger partial charge in [0.05, 0.1) is 6.10 Å². The van der Waals surface area contributed by atoms with E-state index in [1.807, 2.05) is 4.98 Å². The van der Waals surface area contributed by atoms with Gasteiger partial charge in [-0.1, -0.05) is 0 Å². The average Bonchev–Trinajstić information content (AvgIpc) is 2.85. The Morgan fingerprint density at radius 3 is 2.42 bits per heavy atom. The van der Waals surface area contributed by atoms with E-state index >= 15 is 0 Å². The van der Waals surface area contributed by atoms with Crippen LogP contribution in [-0.4, -0.2) is 38.0 Å². The summed E-state index contributed by atoms with van der Waals surface area (Å²) in [4.78, 5) is 52.4. The topological polar surface area (TPSA) is 160 Å². The van der Waals surface area contributed by atoms with Crippen LogP contribution in [0.3, 0.4) is 0 Å². The molecule has 0 unspecified atom stereocenters. The molecule has 5 N–H and O–H groups in total. The second kappa shape index (κ2) is 7.00. The van der Waals surface area contributed by atoms with Crippen molar-refractivity contribution in [2.75, 3.05) is 12.3 Å². The van der Waals surface area contributed by atoms with Gasteiger partial charge >= 0.3 is 11.7 Å². The highest BCUT2D eigenvalue weighted by Crippen LogP contribution is 2.24. The van der Waals surface area contributed by atoms with Crippen molar-refractivity contribution in [3.63, 3.8) is 0 Å². The van der Waals surface area contributed by atoms with Crippen LogP contribution < -0.4 is 17.0 Å².